The lowest BCUT2D eigenvalue weighted by Crippen LogP contribution is -2.45. The van der Waals surface area contributed by atoms with Gasteiger partial charge < -0.3 is 10.1 Å². The van der Waals surface area contributed by atoms with Gasteiger partial charge in [0, 0.05) is 12.1 Å². The van der Waals surface area contributed by atoms with Gasteiger partial charge in [-0.15, -0.1) is 11.3 Å². The number of nitrogens with zero attached hydrogens (tertiary/aromatic N) is 2. The summed E-state index contributed by atoms with van der Waals surface area (Å²) in [4.78, 5) is 13.3. The van der Waals surface area contributed by atoms with Crippen LogP contribution in [0.2, 0.25) is 0 Å². The molecule has 134 valence electrons. The summed E-state index contributed by atoms with van der Waals surface area (Å²) in [5.41, 5.74) is 2.49. The molecular weight excluding hydrogens is 348 g/mol. The first-order valence-electron chi connectivity index (χ1n) is 8.62. The third kappa shape index (κ3) is 3.23. The molecule has 1 amide bonds. The Morgan fingerprint density at radius 3 is 3.04 bits per heavy atom. The molecular formula is C19H20N4O2S. The molecule has 0 fully saturated rings. The van der Waals surface area contributed by atoms with Gasteiger partial charge in [0.05, 0.1) is 18.0 Å². The van der Waals surface area contributed by atoms with Crippen molar-refractivity contribution in [2.75, 3.05) is 13.2 Å². The third-order valence-corrected chi connectivity index (χ3v) is 5.19. The van der Waals surface area contributed by atoms with Crippen LogP contribution in [0.4, 0.5) is 0 Å². The average molecular weight is 368 g/mol. The Morgan fingerprint density at radius 1 is 1.35 bits per heavy atom. The van der Waals surface area contributed by atoms with E-state index in [2.05, 4.69) is 15.7 Å². The highest BCUT2D eigenvalue weighted by Gasteiger charge is 2.27. The summed E-state index contributed by atoms with van der Waals surface area (Å²) >= 11 is 1.62. The Bertz CT molecular complexity index is 904. The van der Waals surface area contributed by atoms with Gasteiger partial charge in [-0.25, -0.2) is 4.68 Å². The number of carbonyl (C=O) groups excluding carboxylic acids is 1. The minimum absolute atomic E-state index is 0.0897. The van der Waals surface area contributed by atoms with E-state index in [1.54, 1.807) is 16.0 Å². The predicted molar refractivity (Wildman–Crippen MR) is 101 cm³/mol. The molecule has 0 saturated carbocycles. The smallest absolute Gasteiger partial charge is 0.269 e. The molecule has 26 heavy (non-hydrogen) atoms. The van der Waals surface area contributed by atoms with Gasteiger partial charge in [-0.3, -0.25) is 10.1 Å². The molecule has 2 aromatic heterocycles. The number of thiophene rings is 1. The normalized spacial score (nSPS) is 16.2. The summed E-state index contributed by atoms with van der Waals surface area (Å²) in [5.74, 6) is 0.787. The van der Waals surface area contributed by atoms with Crippen molar-refractivity contribution in [3.63, 3.8) is 0 Å². The van der Waals surface area contributed by atoms with E-state index >= 15 is 0 Å². The Balaban J connectivity index is 1.56. The van der Waals surface area contributed by atoms with E-state index in [0.29, 0.717) is 25.4 Å². The van der Waals surface area contributed by atoms with Crippen molar-refractivity contribution in [2.24, 2.45) is 0 Å². The molecule has 1 aromatic carbocycles. The van der Waals surface area contributed by atoms with Crippen molar-refractivity contribution in [3.05, 3.63) is 59.1 Å². The van der Waals surface area contributed by atoms with Gasteiger partial charge in [-0.2, -0.15) is 5.10 Å². The van der Waals surface area contributed by atoms with E-state index in [0.717, 1.165) is 21.9 Å². The molecule has 0 saturated heterocycles. The summed E-state index contributed by atoms with van der Waals surface area (Å²) in [7, 11) is 0. The molecule has 1 atom stereocenters. The molecule has 3 heterocycles. The van der Waals surface area contributed by atoms with E-state index in [9.17, 15) is 4.79 Å². The first-order valence-corrected chi connectivity index (χ1v) is 9.50. The number of aromatic nitrogens is 2. The monoisotopic (exact) mass is 368 g/mol. The Labute approximate surface area is 155 Å². The fourth-order valence-electron chi connectivity index (χ4n) is 3.05. The molecule has 3 aromatic rings. The first-order chi connectivity index (χ1) is 12.8. The van der Waals surface area contributed by atoms with Crippen molar-refractivity contribution in [1.82, 2.24) is 20.4 Å². The van der Waals surface area contributed by atoms with Gasteiger partial charge in [0.1, 0.15) is 23.3 Å². The minimum atomic E-state index is -0.105. The zero-order valence-corrected chi connectivity index (χ0v) is 15.3. The lowest BCUT2D eigenvalue weighted by Gasteiger charge is -2.26. The zero-order chi connectivity index (χ0) is 17.9. The van der Waals surface area contributed by atoms with Crippen molar-refractivity contribution in [1.29, 1.82) is 0 Å². The average Bonchev–Trinajstić information content (AvgIpc) is 3.32. The van der Waals surface area contributed by atoms with Gasteiger partial charge in [0.25, 0.3) is 5.91 Å². The maximum Gasteiger partial charge on any atom is 0.269 e. The van der Waals surface area contributed by atoms with Crippen molar-refractivity contribution in [3.8, 4) is 16.3 Å². The summed E-state index contributed by atoms with van der Waals surface area (Å²) in [6.45, 7) is 3.73. The summed E-state index contributed by atoms with van der Waals surface area (Å²) in [5, 5.41) is 13.1. The van der Waals surface area contributed by atoms with E-state index in [1.165, 1.54) is 0 Å². The van der Waals surface area contributed by atoms with E-state index in [4.69, 9.17) is 4.74 Å². The van der Waals surface area contributed by atoms with Crippen LogP contribution in [-0.4, -0.2) is 28.8 Å². The van der Waals surface area contributed by atoms with Gasteiger partial charge >= 0.3 is 0 Å². The minimum Gasteiger partial charge on any atom is -0.494 e. The van der Waals surface area contributed by atoms with Crippen LogP contribution < -0.4 is 15.4 Å². The van der Waals surface area contributed by atoms with Gasteiger partial charge in [-0.05, 0) is 30.5 Å². The number of benzene rings is 1. The lowest BCUT2D eigenvalue weighted by atomic mass is 10.2. The number of hydrogen-bond acceptors (Lipinski definition) is 5. The summed E-state index contributed by atoms with van der Waals surface area (Å²) in [6, 6.07) is 13.8. The van der Waals surface area contributed by atoms with Gasteiger partial charge in [0.2, 0.25) is 0 Å². The fraction of sp³-hybridized carbons (Fsp3) is 0.263. The number of ether oxygens (including phenoxy) is 1. The molecule has 0 bridgehead atoms. The standard InChI is InChI=1S/C19H20N4O2S/c1-2-25-16-7-4-3-6-13(16)11-20-18-12-21-19(24)15-10-14(22-23(15)18)17-8-5-9-26-17/h3-10,18,20H,2,11-12H2,1H3,(H,21,24)/t18-/m1/s1. The number of para-hydroxylation sites is 1. The second-order valence-electron chi connectivity index (χ2n) is 5.98. The fourth-order valence-corrected chi connectivity index (χ4v) is 3.73. The number of hydrogen-bond donors (Lipinski definition) is 2. The van der Waals surface area contributed by atoms with Crippen LogP contribution in [0, 0.1) is 0 Å². The molecule has 0 radical (unpaired) electrons. The quantitative estimate of drug-likeness (QED) is 0.702. The molecule has 1 aliphatic rings. The Morgan fingerprint density at radius 2 is 2.23 bits per heavy atom. The van der Waals surface area contributed by atoms with Crippen LogP contribution >= 0.6 is 11.3 Å². The van der Waals surface area contributed by atoms with Gasteiger partial charge in [-0.1, -0.05) is 24.3 Å². The van der Waals surface area contributed by atoms with Crippen molar-refractivity contribution in [2.45, 2.75) is 19.6 Å². The maximum atomic E-state index is 12.2. The Hall–Kier alpha value is -2.64. The van der Waals surface area contributed by atoms with Gasteiger partial charge in [0.15, 0.2) is 0 Å². The highest BCUT2D eigenvalue weighted by molar-refractivity contribution is 7.13. The Kier molecular flexibility index (Phi) is 4.73. The predicted octanol–water partition coefficient (Wildman–Crippen LogP) is 3.04. The maximum absolute atomic E-state index is 12.2. The largest absolute Gasteiger partial charge is 0.494 e. The highest BCUT2D eigenvalue weighted by atomic mass is 32.1. The second-order valence-corrected chi connectivity index (χ2v) is 6.93. The van der Waals surface area contributed by atoms with Crippen LogP contribution in [0.5, 0.6) is 5.75 Å². The molecule has 7 heteroatoms. The summed E-state index contributed by atoms with van der Waals surface area (Å²) in [6.07, 6.45) is -0.105. The van der Waals surface area contributed by atoms with E-state index in [-0.39, 0.29) is 12.1 Å². The van der Waals surface area contributed by atoms with E-state index in [1.807, 2.05) is 54.8 Å². The molecule has 6 nitrogen and oxygen atoms in total. The topological polar surface area (TPSA) is 68.2 Å². The highest BCUT2D eigenvalue weighted by Crippen LogP contribution is 2.27. The number of fused-ring (bicyclic) bond motifs is 1. The van der Waals surface area contributed by atoms with Crippen LogP contribution in [0.15, 0.2) is 47.8 Å². The van der Waals surface area contributed by atoms with Crippen LogP contribution in [0.3, 0.4) is 0 Å². The number of amides is 1. The number of rotatable bonds is 6. The lowest BCUT2D eigenvalue weighted by molar-refractivity contribution is 0.0900. The molecule has 1 aliphatic heterocycles. The van der Waals surface area contributed by atoms with Crippen molar-refractivity contribution >= 4 is 17.2 Å². The zero-order valence-electron chi connectivity index (χ0n) is 14.4. The number of carbonyl (C=O) groups is 1. The van der Waals surface area contributed by atoms with Crippen LogP contribution in [0.1, 0.15) is 29.1 Å². The molecule has 0 unspecified atom stereocenters. The molecule has 4 rings (SSSR count). The molecule has 2 N–H and O–H groups in total. The summed E-state index contributed by atoms with van der Waals surface area (Å²) < 4.78 is 7.47. The number of nitrogens with one attached hydrogen (secondary N) is 2. The van der Waals surface area contributed by atoms with Crippen LogP contribution in [0.25, 0.3) is 10.6 Å². The SMILES string of the molecule is CCOc1ccccc1CN[C@H]1CNC(=O)c2cc(-c3cccs3)nn21. The molecule has 0 spiro atoms. The first kappa shape index (κ1) is 16.8. The van der Waals surface area contributed by atoms with E-state index < -0.39 is 0 Å². The second kappa shape index (κ2) is 7.31. The third-order valence-electron chi connectivity index (χ3n) is 4.29. The molecule has 0 aliphatic carbocycles. The van der Waals surface area contributed by atoms with Crippen molar-refractivity contribution < 1.29 is 9.53 Å². The van der Waals surface area contributed by atoms with Crippen LogP contribution in [-0.2, 0) is 6.54 Å².